The van der Waals surface area contributed by atoms with Gasteiger partial charge in [0.25, 0.3) is 0 Å². The molecule has 6 amide bonds. The van der Waals surface area contributed by atoms with Gasteiger partial charge in [0.15, 0.2) is 0 Å². The summed E-state index contributed by atoms with van der Waals surface area (Å²) in [7, 11) is 3.14. The van der Waals surface area contributed by atoms with Crippen LogP contribution in [0.2, 0.25) is 0 Å². The molecule has 2 aromatic rings. The summed E-state index contributed by atoms with van der Waals surface area (Å²) in [6, 6.07) is 2.95. The fraction of sp³-hybridized carbons (Fsp3) is 0.370. The van der Waals surface area contributed by atoms with Gasteiger partial charge in [-0.3, -0.25) is 19.8 Å². The van der Waals surface area contributed by atoms with Crippen LogP contribution in [0, 0.1) is 6.92 Å². The van der Waals surface area contributed by atoms with E-state index in [9.17, 15) is 19.2 Å². The Morgan fingerprint density at radius 2 is 1.92 bits per heavy atom. The Balaban J connectivity index is 2.23. The van der Waals surface area contributed by atoms with E-state index in [0.29, 0.717) is 24.4 Å². The Morgan fingerprint density at radius 3 is 2.55 bits per heavy atom. The lowest BCUT2D eigenvalue weighted by molar-refractivity contribution is -0.121. The van der Waals surface area contributed by atoms with Gasteiger partial charge in [0.05, 0.1) is 17.6 Å². The summed E-state index contributed by atoms with van der Waals surface area (Å²) in [5.41, 5.74) is 3.28. The van der Waals surface area contributed by atoms with Crippen molar-refractivity contribution in [3.05, 3.63) is 65.7 Å². The third kappa shape index (κ3) is 8.32. The molecule has 0 aliphatic heterocycles. The summed E-state index contributed by atoms with van der Waals surface area (Å²) in [6.45, 7) is 11.5. The lowest BCUT2D eigenvalue weighted by atomic mass is 9.92. The van der Waals surface area contributed by atoms with Crippen molar-refractivity contribution in [2.75, 3.05) is 20.6 Å². The zero-order chi connectivity index (χ0) is 28.5. The molecular formula is C27H37N7O4. The van der Waals surface area contributed by atoms with Gasteiger partial charge in [-0.1, -0.05) is 24.8 Å². The van der Waals surface area contributed by atoms with E-state index in [4.69, 9.17) is 0 Å². The second kappa shape index (κ2) is 13.2. The number of aryl methyl sites for hydroxylation is 1. The predicted octanol–water partition coefficient (Wildman–Crippen LogP) is 2.89. The number of allylic oxidation sites excluding steroid dienone is 4. The average molecular weight is 524 g/mol. The number of urea groups is 2. The molecule has 38 heavy (non-hydrogen) atoms. The molecule has 0 saturated heterocycles. The first-order valence-corrected chi connectivity index (χ1v) is 12.1. The van der Waals surface area contributed by atoms with Crippen LogP contribution in [0.5, 0.6) is 0 Å². The Hall–Kier alpha value is -4.41. The number of hydrogen-bond acceptors (Lipinski definition) is 5. The van der Waals surface area contributed by atoms with Gasteiger partial charge in [-0.2, -0.15) is 0 Å². The van der Waals surface area contributed by atoms with Crippen molar-refractivity contribution in [1.82, 2.24) is 35.7 Å². The second-order valence-corrected chi connectivity index (χ2v) is 9.53. The van der Waals surface area contributed by atoms with Crippen LogP contribution in [0.3, 0.4) is 0 Å². The topological polar surface area (TPSA) is 140 Å². The lowest BCUT2D eigenvalue weighted by Crippen LogP contribution is -2.49. The highest BCUT2D eigenvalue weighted by molar-refractivity contribution is 5.86. The number of rotatable bonds is 11. The first-order valence-electron chi connectivity index (χ1n) is 12.1. The molecular weight excluding hydrogens is 486 g/mol. The predicted molar refractivity (Wildman–Crippen MR) is 147 cm³/mol. The number of hydrogen-bond donors (Lipinski definition) is 4. The highest BCUT2D eigenvalue weighted by atomic mass is 16.2. The number of likely N-dealkylation sites (N-methyl/N-ethyl adjacent to an activating group) is 1. The van der Waals surface area contributed by atoms with Crippen molar-refractivity contribution in [1.29, 1.82) is 0 Å². The smallest absolute Gasteiger partial charge is 0.325 e. The standard InChI is InChI=1S/C27H37N7O4/c1-8-9-10-11-19(3)34(16-24(36)28-6)26(38)33(7)15-23-30-21-12-18(2)20(13-22(21)31-23)14-27(4,5)32-25(37)29-17-35/h8-13,17H,3,14-16H2,1-2,4-7H3,(H,28,36)(H,30,31)(H2,29,32,35,37)/b9-8-,11-10-. The summed E-state index contributed by atoms with van der Waals surface area (Å²) in [5, 5.41) is 7.39. The number of benzene rings is 1. The minimum atomic E-state index is -0.616. The van der Waals surface area contributed by atoms with Crippen molar-refractivity contribution in [3.8, 4) is 0 Å². The molecule has 4 N–H and O–H groups in total. The molecule has 11 nitrogen and oxygen atoms in total. The van der Waals surface area contributed by atoms with Gasteiger partial charge in [0.2, 0.25) is 12.3 Å². The van der Waals surface area contributed by atoms with E-state index >= 15 is 0 Å². The number of amides is 6. The van der Waals surface area contributed by atoms with Crippen LogP contribution in [0.25, 0.3) is 11.0 Å². The molecule has 11 heteroatoms. The molecule has 0 unspecified atom stereocenters. The van der Waals surface area contributed by atoms with Crippen molar-refractivity contribution < 1.29 is 19.2 Å². The van der Waals surface area contributed by atoms with Crippen molar-refractivity contribution >= 4 is 35.4 Å². The van der Waals surface area contributed by atoms with Gasteiger partial charge in [-0.15, -0.1) is 0 Å². The molecule has 1 aromatic carbocycles. The number of fused-ring (bicyclic) bond motifs is 1. The molecule has 204 valence electrons. The van der Waals surface area contributed by atoms with Crippen LogP contribution in [-0.2, 0) is 22.6 Å². The Bertz CT molecular complexity index is 1260. The number of H-pyrrole nitrogens is 1. The largest absolute Gasteiger partial charge is 0.358 e. The molecule has 0 atom stereocenters. The van der Waals surface area contributed by atoms with Gasteiger partial charge < -0.3 is 20.5 Å². The number of nitrogens with zero attached hydrogens (tertiary/aromatic N) is 3. The normalized spacial score (nSPS) is 11.5. The number of imidazole rings is 1. The zero-order valence-corrected chi connectivity index (χ0v) is 22.8. The maximum Gasteiger partial charge on any atom is 0.325 e. The number of carbonyl (C=O) groups excluding carboxylic acids is 4. The molecule has 0 bridgehead atoms. The van der Waals surface area contributed by atoms with E-state index in [1.807, 2.05) is 45.9 Å². The monoisotopic (exact) mass is 523 g/mol. The van der Waals surface area contributed by atoms with E-state index in [0.717, 1.165) is 22.2 Å². The molecule has 0 spiro atoms. The summed E-state index contributed by atoms with van der Waals surface area (Å²) >= 11 is 0. The Kier molecular flexibility index (Phi) is 10.4. The van der Waals surface area contributed by atoms with Crippen LogP contribution in [0.4, 0.5) is 9.59 Å². The van der Waals surface area contributed by atoms with Gasteiger partial charge in [-0.25, -0.2) is 14.6 Å². The first-order chi connectivity index (χ1) is 17.9. The fourth-order valence-electron chi connectivity index (χ4n) is 3.82. The molecule has 1 aromatic heterocycles. The van der Waals surface area contributed by atoms with Crippen LogP contribution in [0.15, 0.2) is 48.7 Å². The van der Waals surface area contributed by atoms with Crippen LogP contribution in [-0.4, -0.2) is 70.3 Å². The van der Waals surface area contributed by atoms with Gasteiger partial charge in [-0.05, 0) is 63.5 Å². The van der Waals surface area contributed by atoms with Crippen molar-refractivity contribution in [2.45, 2.75) is 46.2 Å². The summed E-state index contributed by atoms with van der Waals surface area (Å²) in [6.07, 6.45) is 7.91. The quantitative estimate of drug-likeness (QED) is 0.265. The summed E-state index contributed by atoms with van der Waals surface area (Å²) in [4.78, 5) is 58.3. The van der Waals surface area contributed by atoms with Crippen molar-refractivity contribution in [3.63, 3.8) is 0 Å². The zero-order valence-electron chi connectivity index (χ0n) is 22.8. The fourth-order valence-corrected chi connectivity index (χ4v) is 3.82. The summed E-state index contributed by atoms with van der Waals surface area (Å²) < 4.78 is 0. The maximum absolute atomic E-state index is 13.2. The molecule has 0 radical (unpaired) electrons. The third-order valence-electron chi connectivity index (χ3n) is 5.73. The Labute approximate surface area is 223 Å². The van der Waals surface area contributed by atoms with E-state index in [1.165, 1.54) is 16.8 Å². The maximum atomic E-state index is 13.2. The third-order valence-corrected chi connectivity index (χ3v) is 5.73. The highest BCUT2D eigenvalue weighted by Crippen LogP contribution is 2.23. The van der Waals surface area contributed by atoms with Gasteiger partial charge in [0, 0.05) is 25.3 Å². The SMILES string of the molecule is C=C(/C=C\C=C/C)N(CC(=O)NC)C(=O)N(C)Cc1nc2cc(CC(C)(C)NC(=O)NC=O)c(C)cc2[nH]1. The number of aromatic nitrogens is 2. The number of nitrogens with one attached hydrogen (secondary N) is 4. The van der Waals surface area contributed by atoms with E-state index < -0.39 is 17.6 Å². The molecule has 0 aliphatic rings. The number of imide groups is 1. The van der Waals surface area contributed by atoms with E-state index in [-0.39, 0.29) is 19.0 Å². The van der Waals surface area contributed by atoms with Gasteiger partial charge >= 0.3 is 12.1 Å². The highest BCUT2D eigenvalue weighted by Gasteiger charge is 2.24. The molecule has 0 aliphatic carbocycles. The molecule has 1 heterocycles. The summed E-state index contributed by atoms with van der Waals surface area (Å²) in [5.74, 6) is 0.255. The number of aromatic amines is 1. The van der Waals surface area contributed by atoms with Crippen LogP contribution in [0.1, 0.15) is 37.7 Å². The van der Waals surface area contributed by atoms with Crippen molar-refractivity contribution in [2.24, 2.45) is 0 Å². The van der Waals surface area contributed by atoms with Crippen LogP contribution >= 0.6 is 0 Å². The molecule has 2 rings (SSSR count). The van der Waals surface area contributed by atoms with Crippen LogP contribution < -0.4 is 16.0 Å². The first kappa shape index (κ1) is 29.8. The minimum absolute atomic E-state index is 0.171. The second-order valence-electron chi connectivity index (χ2n) is 9.53. The number of carbonyl (C=O) groups is 4. The van der Waals surface area contributed by atoms with Gasteiger partial charge in [0.1, 0.15) is 12.4 Å². The van der Waals surface area contributed by atoms with E-state index in [1.54, 1.807) is 25.3 Å². The lowest BCUT2D eigenvalue weighted by Gasteiger charge is -2.27. The molecule has 0 fully saturated rings. The Morgan fingerprint density at radius 1 is 1.21 bits per heavy atom. The average Bonchev–Trinajstić information content (AvgIpc) is 3.22. The molecule has 0 saturated carbocycles. The minimum Gasteiger partial charge on any atom is -0.358 e. The van der Waals surface area contributed by atoms with E-state index in [2.05, 4.69) is 32.5 Å².